The van der Waals surface area contributed by atoms with E-state index in [9.17, 15) is 5.21 Å². The Kier molecular flexibility index (Phi) is 5.40. The molecule has 2 aromatic rings. The maximum Gasteiger partial charge on any atom is 0.309 e. The van der Waals surface area contributed by atoms with Gasteiger partial charge in [0.1, 0.15) is 11.7 Å². The summed E-state index contributed by atoms with van der Waals surface area (Å²) in [6.45, 7) is 9.94. The summed E-state index contributed by atoms with van der Waals surface area (Å²) < 4.78 is -0.503. The normalized spacial score (nSPS) is 24.3. The molecule has 3 rings (SSSR count). The van der Waals surface area contributed by atoms with Gasteiger partial charge >= 0.3 is 5.13 Å². The highest BCUT2D eigenvalue weighted by Crippen LogP contribution is 2.36. The molecule has 0 amide bonds. The monoisotopic (exact) mass is 395 g/mol. The molecular weight excluding hydrogens is 370 g/mol. The van der Waals surface area contributed by atoms with Gasteiger partial charge in [-0.05, 0) is 48.6 Å². The van der Waals surface area contributed by atoms with Crippen molar-refractivity contribution in [1.29, 1.82) is 0 Å². The molecule has 2 unspecified atom stereocenters. The number of hydroxylamine groups is 2. The minimum absolute atomic E-state index is 0.107. The molecule has 1 aliphatic rings. The maximum absolute atomic E-state index is 13.7. The molecule has 1 aromatic heterocycles. The third-order valence-corrected chi connectivity index (χ3v) is 6.35. The molecule has 1 aromatic carbocycles. The number of likely N-dealkylation sites (N-methyl/N-ethyl adjacent to an activating group) is 1. The zero-order chi connectivity index (χ0) is 19.1. The molecule has 2 heterocycles. The minimum atomic E-state index is -0.503. The Labute approximate surface area is 164 Å². The van der Waals surface area contributed by atoms with E-state index < -0.39 is 4.65 Å². The number of benzene rings is 1. The first-order valence-electron chi connectivity index (χ1n) is 8.70. The Morgan fingerprint density at radius 1 is 1.38 bits per heavy atom. The summed E-state index contributed by atoms with van der Waals surface area (Å²) in [6, 6.07) is 5.83. The van der Waals surface area contributed by atoms with Crippen LogP contribution < -0.4 is 9.96 Å². The second kappa shape index (κ2) is 7.14. The Morgan fingerprint density at radius 2 is 2.12 bits per heavy atom. The summed E-state index contributed by atoms with van der Waals surface area (Å²) in [7, 11) is 1.96. The standard InChI is InChI=1S/C18H26ClN5OS/c1-12-8-14(19)7-6-13(12)9-20-15-10-23(5)11-24(15,25)17-22-21-16(26-17)18(2,3)4/h6-8,15,20H,9-11H2,1-5H3. The summed E-state index contributed by atoms with van der Waals surface area (Å²) in [5.74, 6) is 0. The molecule has 0 radical (unpaired) electrons. The summed E-state index contributed by atoms with van der Waals surface area (Å²) in [5, 5.41) is 27.8. The Balaban J connectivity index is 1.80. The zero-order valence-corrected chi connectivity index (χ0v) is 17.5. The number of hydrogen-bond acceptors (Lipinski definition) is 6. The van der Waals surface area contributed by atoms with E-state index in [0.29, 0.717) is 24.9 Å². The lowest BCUT2D eigenvalue weighted by Crippen LogP contribution is -2.55. The van der Waals surface area contributed by atoms with Crippen LogP contribution in [0.4, 0.5) is 5.13 Å². The Morgan fingerprint density at radius 3 is 2.73 bits per heavy atom. The molecule has 1 N–H and O–H groups in total. The minimum Gasteiger partial charge on any atom is -0.623 e. The maximum atomic E-state index is 13.7. The summed E-state index contributed by atoms with van der Waals surface area (Å²) >= 11 is 7.46. The van der Waals surface area contributed by atoms with Crippen LogP contribution >= 0.6 is 22.9 Å². The van der Waals surface area contributed by atoms with Crippen molar-refractivity contribution >= 4 is 28.1 Å². The lowest BCUT2D eigenvalue weighted by atomic mass is 9.98. The predicted octanol–water partition coefficient (Wildman–Crippen LogP) is 3.62. The van der Waals surface area contributed by atoms with E-state index >= 15 is 0 Å². The average Bonchev–Trinajstić information content (AvgIpc) is 3.12. The predicted molar refractivity (Wildman–Crippen MR) is 108 cm³/mol. The first kappa shape index (κ1) is 19.7. The van der Waals surface area contributed by atoms with Crippen LogP contribution in [-0.4, -0.2) is 41.5 Å². The van der Waals surface area contributed by atoms with Gasteiger partial charge in [0, 0.05) is 17.0 Å². The number of nitrogens with zero attached hydrogens (tertiary/aromatic N) is 4. The van der Waals surface area contributed by atoms with Crippen LogP contribution in [0.1, 0.15) is 36.9 Å². The molecule has 1 aliphatic heterocycles. The van der Waals surface area contributed by atoms with Gasteiger partial charge in [0.15, 0.2) is 6.17 Å². The third kappa shape index (κ3) is 3.93. The van der Waals surface area contributed by atoms with Crippen molar-refractivity contribution in [2.75, 3.05) is 20.3 Å². The van der Waals surface area contributed by atoms with Crippen molar-refractivity contribution in [2.24, 2.45) is 0 Å². The molecule has 2 atom stereocenters. The summed E-state index contributed by atoms with van der Waals surface area (Å²) in [6.07, 6.45) is -0.282. The van der Waals surface area contributed by atoms with Crippen molar-refractivity contribution in [1.82, 2.24) is 25.1 Å². The van der Waals surface area contributed by atoms with Gasteiger partial charge in [0.25, 0.3) is 0 Å². The molecule has 1 fully saturated rings. The van der Waals surface area contributed by atoms with Gasteiger partial charge in [0.2, 0.25) is 0 Å². The fourth-order valence-corrected chi connectivity index (χ4v) is 4.31. The third-order valence-electron chi connectivity index (χ3n) is 4.65. The van der Waals surface area contributed by atoms with Gasteiger partial charge in [-0.3, -0.25) is 14.9 Å². The second-order valence-electron chi connectivity index (χ2n) is 8.08. The quantitative estimate of drug-likeness (QED) is 0.632. The highest BCUT2D eigenvalue weighted by atomic mass is 35.5. The lowest BCUT2D eigenvalue weighted by Gasteiger charge is -2.39. The number of halogens is 1. The smallest absolute Gasteiger partial charge is 0.309 e. The fraction of sp³-hybridized carbons (Fsp3) is 0.556. The summed E-state index contributed by atoms with van der Waals surface area (Å²) in [4.78, 5) is 2.04. The zero-order valence-electron chi connectivity index (χ0n) is 15.9. The van der Waals surface area contributed by atoms with Crippen LogP contribution in [0.5, 0.6) is 0 Å². The number of aromatic nitrogens is 2. The van der Waals surface area contributed by atoms with Crippen LogP contribution in [0.15, 0.2) is 18.2 Å². The van der Waals surface area contributed by atoms with Crippen LogP contribution in [0.25, 0.3) is 0 Å². The molecule has 6 nitrogen and oxygen atoms in total. The summed E-state index contributed by atoms with van der Waals surface area (Å²) in [5.41, 5.74) is 2.15. The van der Waals surface area contributed by atoms with Crippen LogP contribution in [0.3, 0.4) is 0 Å². The Hall–Kier alpha value is -1.09. The number of hydrogen-bond donors (Lipinski definition) is 1. The van der Waals surface area contributed by atoms with Crippen molar-refractivity contribution in [2.45, 2.75) is 45.8 Å². The van der Waals surface area contributed by atoms with Crippen LogP contribution in [0, 0.1) is 12.1 Å². The average molecular weight is 396 g/mol. The van der Waals surface area contributed by atoms with E-state index in [4.69, 9.17) is 11.6 Å². The van der Waals surface area contributed by atoms with Crippen LogP contribution in [-0.2, 0) is 12.0 Å². The first-order valence-corrected chi connectivity index (χ1v) is 9.89. The lowest BCUT2D eigenvalue weighted by molar-refractivity contribution is 0.286. The highest BCUT2D eigenvalue weighted by molar-refractivity contribution is 7.15. The topological polar surface area (TPSA) is 64.1 Å². The molecule has 1 saturated heterocycles. The van der Waals surface area contributed by atoms with E-state index in [0.717, 1.165) is 21.2 Å². The van der Waals surface area contributed by atoms with Gasteiger partial charge in [-0.25, -0.2) is 0 Å². The second-order valence-corrected chi connectivity index (χ2v) is 9.48. The molecule has 142 valence electrons. The number of nitrogens with one attached hydrogen (secondary N) is 1. The van der Waals surface area contributed by atoms with Crippen molar-refractivity contribution < 1.29 is 0 Å². The van der Waals surface area contributed by atoms with Crippen molar-refractivity contribution in [3.8, 4) is 0 Å². The largest absolute Gasteiger partial charge is 0.623 e. The van der Waals surface area contributed by atoms with Crippen LogP contribution in [0.2, 0.25) is 5.02 Å². The van der Waals surface area contributed by atoms with E-state index in [1.165, 1.54) is 11.3 Å². The number of aryl methyl sites for hydroxylation is 1. The SMILES string of the molecule is Cc1cc(Cl)ccc1CNC1CN(C)C[N+]1([O-])c1nnc(C(C)(C)C)s1. The molecule has 8 heteroatoms. The van der Waals surface area contributed by atoms with Gasteiger partial charge in [-0.1, -0.05) is 43.5 Å². The molecule has 0 saturated carbocycles. The molecule has 0 spiro atoms. The highest BCUT2D eigenvalue weighted by Gasteiger charge is 2.43. The number of rotatable bonds is 4. The van der Waals surface area contributed by atoms with Gasteiger partial charge in [-0.15, -0.1) is 5.10 Å². The van der Waals surface area contributed by atoms with Gasteiger partial charge in [0.05, 0.1) is 6.54 Å². The molecule has 0 bridgehead atoms. The Bertz CT molecular complexity index is 790. The van der Waals surface area contributed by atoms with Crippen molar-refractivity contribution in [3.05, 3.63) is 44.6 Å². The van der Waals surface area contributed by atoms with Gasteiger partial charge in [-0.2, -0.15) is 0 Å². The molecule has 0 aliphatic carbocycles. The molecular formula is C18H26ClN5OS. The molecule has 26 heavy (non-hydrogen) atoms. The number of quaternary nitrogens is 1. The fourth-order valence-electron chi connectivity index (χ4n) is 3.10. The first-order chi connectivity index (χ1) is 12.1. The van der Waals surface area contributed by atoms with E-state index in [1.807, 2.05) is 37.1 Å². The van der Waals surface area contributed by atoms with Gasteiger partial charge < -0.3 is 5.21 Å². The van der Waals surface area contributed by atoms with E-state index in [-0.39, 0.29) is 11.6 Å². The van der Waals surface area contributed by atoms with Crippen molar-refractivity contribution in [3.63, 3.8) is 0 Å². The van der Waals surface area contributed by atoms with E-state index in [1.54, 1.807) is 0 Å². The van der Waals surface area contributed by atoms with E-state index in [2.05, 4.69) is 36.3 Å².